The molecule has 0 spiro atoms. The van der Waals surface area contributed by atoms with Gasteiger partial charge in [-0.2, -0.15) is 0 Å². The molecule has 1 amide bonds. The van der Waals surface area contributed by atoms with Crippen molar-refractivity contribution in [3.8, 4) is 0 Å². The number of likely N-dealkylation sites (N-methyl/N-ethyl adjacent to an activating group) is 1. The summed E-state index contributed by atoms with van der Waals surface area (Å²) in [6.07, 6.45) is 1.66. The largest absolute Gasteiger partial charge is 0.444 e. The molecule has 1 aromatic rings. The summed E-state index contributed by atoms with van der Waals surface area (Å²) in [5, 5.41) is 1.91. The van der Waals surface area contributed by atoms with Crippen molar-refractivity contribution in [3.63, 3.8) is 0 Å². The van der Waals surface area contributed by atoms with Gasteiger partial charge in [0.05, 0.1) is 11.4 Å². The number of carbonyl (C=O) groups excluding carboxylic acids is 2. The zero-order chi connectivity index (χ0) is 17.0. The van der Waals surface area contributed by atoms with Gasteiger partial charge in [0.1, 0.15) is 5.60 Å². The van der Waals surface area contributed by atoms with Gasteiger partial charge in [0, 0.05) is 19.1 Å². The first kappa shape index (κ1) is 17.9. The van der Waals surface area contributed by atoms with Gasteiger partial charge in [-0.1, -0.05) is 6.07 Å². The van der Waals surface area contributed by atoms with Crippen molar-refractivity contribution in [1.82, 2.24) is 9.80 Å². The summed E-state index contributed by atoms with van der Waals surface area (Å²) in [5.41, 5.74) is -0.481. The average Bonchev–Trinajstić information content (AvgIpc) is 3.00. The first-order valence-corrected chi connectivity index (χ1v) is 8.89. The predicted octanol–water partition coefficient (Wildman–Crippen LogP) is 3.26. The molecule has 0 bridgehead atoms. The Morgan fingerprint density at radius 2 is 2.17 bits per heavy atom. The van der Waals surface area contributed by atoms with Crippen molar-refractivity contribution in [3.05, 3.63) is 22.4 Å². The van der Waals surface area contributed by atoms with Crippen LogP contribution in [0.1, 0.15) is 43.3 Å². The standard InChI is InChI=1S/C17H26N2O3S/c1-17(2,3)22-16(21)19-9-5-7-13(11-19)18(4)12-14(20)15-8-6-10-23-15/h6,8,10,13H,5,7,9,11-12H2,1-4H3. The van der Waals surface area contributed by atoms with Gasteiger partial charge >= 0.3 is 6.09 Å². The van der Waals surface area contributed by atoms with Gasteiger partial charge in [-0.3, -0.25) is 9.69 Å². The number of carbonyl (C=O) groups is 2. The monoisotopic (exact) mass is 338 g/mol. The van der Waals surface area contributed by atoms with E-state index >= 15 is 0 Å². The lowest BCUT2D eigenvalue weighted by atomic mass is 10.0. The average molecular weight is 338 g/mol. The van der Waals surface area contributed by atoms with E-state index in [0.717, 1.165) is 24.3 Å². The Labute approximate surface area is 142 Å². The Kier molecular flexibility index (Phi) is 5.81. The van der Waals surface area contributed by atoms with E-state index in [-0.39, 0.29) is 17.9 Å². The third-order valence-corrected chi connectivity index (χ3v) is 4.77. The smallest absolute Gasteiger partial charge is 0.410 e. The molecule has 6 heteroatoms. The second-order valence-corrected chi connectivity index (χ2v) is 7.99. The molecule has 128 valence electrons. The van der Waals surface area contributed by atoms with Crippen molar-refractivity contribution in [2.75, 3.05) is 26.7 Å². The molecular formula is C17H26N2O3S. The number of amides is 1. The molecule has 0 aromatic carbocycles. The highest BCUT2D eigenvalue weighted by molar-refractivity contribution is 7.12. The minimum atomic E-state index is -0.481. The van der Waals surface area contributed by atoms with Crippen molar-refractivity contribution in [2.24, 2.45) is 0 Å². The maximum atomic E-state index is 12.2. The summed E-state index contributed by atoms with van der Waals surface area (Å²) in [5.74, 6) is 0.136. The van der Waals surface area contributed by atoms with Crippen LogP contribution >= 0.6 is 11.3 Å². The normalized spacial score (nSPS) is 19.0. The van der Waals surface area contributed by atoms with Crippen molar-refractivity contribution >= 4 is 23.2 Å². The highest BCUT2D eigenvalue weighted by Crippen LogP contribution is 2.19. The van der Waals surface area contributed by atoms with Crippen LogP contribution in [0, 0.1) is 0 Å². The molecule has 1 aliphatic rings. The van der Waals surface area contributed by atoms with Gasteiger partial charge in [0.15, 0.2) is 5.78 Å². The second-order valence-electron chi connectivity index (χ2n) is 7.04. The number of thiophene rings is 1. The summed E-state index contributed by atoms with van der Waals surface area (Å²) < 4.78 is 5.45. The summed E-state index contributed by atoms with van der Waals surface area (Å²) in [6, 6.07) is 3.94. The summed E-state index contributed by atoms with van der Waals surface area (Å²) in [4.78, 5) is 29.0. The molecule has 1 fully saturated rings. The summed E-state index contributed by atoms with van der Waals surface area (Å²) in [6.45, 7) is 7.34. The van der Waals surface area contributed by atoms with Gasteiger partial charge in [-0.25, -0.2) is 4.79 Å². The van der Waals surface area contributed by atoms with E-state index in [1.165, 1.54) is 11.3 Å². The van der Waals surface area contributed by atoms with Crippen LogP contribution in [0.15, 0.2) is 17.5 Å². The Bertz CT molecular complexity index is 537. The van der Waals surface area contributed by atoms with Gasteiger partial charge in [0.2, 0.25) is 0 Å². The molecule has 0 N–H and O–H groups in total. The maximum absolute atomic E-state index is 12.2. The fourth-order valence-corrected chi connectivity index (χ4v) is 3.33. The number of Topliss-reactive ketones (excluding diaryl/α,β-unsaturated/α-hetero) is 1. The van der Waals surface area contributed by atoms with Gasteiger partial charge < -0.3 is 9.64 Å². The van der Waals surface area contributed by atoms with Gasteiger partial charge in [-0.15, -0.1) is 11.3 Å². The molecule has 1 saturated heterocycles. The van der Waals surface area contributed by atoms with Crippen LogP contribution < -0.4 is 0 Å². The Hall–Kier alpha value is -1.40. The van der Waals surface area contributed by atoms with Gasteiger partial charge in [0.25, 0.3) is 0 Å². The molecular weight excluding hydrogens is 312 g/mol. The zero-order valence-corrected chi connectivity index (χ0v) is 15.2. The molecule has 0 aliphatic carbocycles. The van der Waals surface area contributed by atoms with E-state index in [1.807, 2.05) is 45.3 Å². The van der Waals surface area contributed by atoms with Crippen LogP contribution in [0.25, 0.3) is 0 Å². The number of hydrogen-bond donors (Lipinski definition) is 0. The number of ether oxygens (including phenoxy) is 1. The summed E-state index contributed by atoms with van der Waals surface area (Å²) in [7, 11) is 1.95. The quantitative estimate of drug-likeness (QED) is 0.791. The number of nitrogens with zero attached hydrogens (tertiary/aromatic N) is 2. The number of likely N-dealkylation sites (tertiary alicyclic amines) is 1. The van der Waals surface area contributed by atoms with Crippen molar-refractivity contribution < 1.29 is 14.3 Å². The van der Waals surface area contributed by atoms with E-state index in [2.05, 4.69) is 4.90 Å². The van der Waals surface area contributed by atoms with Crippen LogP contribution in [-0.2, 0) is 4.74 Å². The van der Waals surface area contributed by atoms with Gasteiger partial charge in [-0.05, 0) is 52.1 Å². The fourth-order valence-electron chi connectivity index (χ4n) is 2.68. The van der Waals surface area contributed by atoms with E-state index < -0.39 is 5.60 Å². The molecule has 1 aromatic heterocycles. The highest BCUT2D eigenvalue weighted by atomic mass is 32.1. The Morgan fingerprint density at radius 3 is 2.78 bits per heavy atom. The van der Waals surface area contributed by atoms with Crippen LogP contribution in [0.5, 0.6) is 0 Å². The molecule has 0 radical (unpaired) electrons. The van der Waals surface area contributed by atoms with Crippen LogP contribution in [0.2, 0.25) is 0 Å². The van der Waals surface area contributed by atoms with Crippen LogP contribution in [0.4, 0.5) is 4.79 Å². The minimum Gasteiger partial charge on any atom is -0.444 e. The van der Waals surface area contributed by atoms with Crippen molar-refractivity contribution in [2.45, 2.75) is 45.3 Å². The third-order valence-electron chi connectivity index (χ3n) is 3.86. The number of ketones is 1. The first-order valence-electron chi connectivity index (χ1n) is 8.01. The second kappa shape index (κ2) is 7.45. The highest BCUT2D eigenvalue weighted by Gasteiger charge is 2.30. The first-order chi connectivity index (χ1) is 10.8. The minimum absolute atomic E-state index is 0.136. The zero-order valence-electron chi connectivity index (χ0n) is 14.4. The van der Waals surface area contributed by atoms with E-state index in [1.54, 1.807) is 4.90 Å². The fraction of sp³-hybridized carbons (Fsp3) is 0.647. The van der Waals surface area contributed by atoms with E-state index in [9.17, 15) is 9.59 Å². The predicted molar refractivity (Wildman–Crippen MR) is 92.1 cm³/mol. The van der Waals surface area contributed by atoms with E-state index in [4.69, 9.17) is 4.74 Å². The Balaban J connectivity index is 1.90. The lowest BCUT2D eigenvalue weighted by Gasteiger charge is -2.37. The van der Waals surface area contributed by atoms with Crippen molar-refractivity contribution in [1.29, 1.82) is 0 Å². The Morgan fingerprint density at radius 1 is 1.43 bits per heavy atom. The molecule has 1 atom stereocenters. The van der Waals surface area contributed by atoms with Crippen LogP contribution in [-0.4, -0.2) is 60.0 Å². The molecule has 1 aliphatic heterocycles. The number of rotatable bonds is 4. The molecule has 23 heavy (non-hydrogen) atoms. The molecule has 1 unspecified atom stereocenters. The molecule has 5 nitrogen and oxygen atoms in total. The summed E-state index contributed by atoms with van der Waals surface area (Å²) >= 11 is 1.47. The lowest BCUT2D eigenvalue weighted by Crippen LogP contribution is -2.50. The molecule has 2 heterocycles. The molecule has 0 saturated carbocycles. The van der Waals surface area contributed by atoms with E-state index in [0.29, 0.717) is 13.1 Å². The topological polar surface area (TPSA) is 49.9 Å². The number of piperidine rings is 1. The third kappa shape index (κ3) is 5.32. The SMILES string of the molecule is CN(CC(=O)c1cccs1)C1CCCN(C(=O)OC(C)(C)C)C1. The lowest BCUT2D eigenvalue weighted by molar-refractivity contribution is 0.0129. The van der Waals surface area contributed by atoms with Crippen LogP contribution in [0.3, 0.4) is 0 Å². The number of hydrogen-bond acceptors (Lipinski definition) is 5. The maximum Gasteiger partial charge on any atom is 0.410 e. The molecule has 2 rings (SSSR count).